The minimum atomic E-state index is -3.75. The van der Waals surface area contributed by atoms with Gasteiger partial charge in [0.05, 0.1) is 30.3 Å². The van der Waals surface area contributed by atoms with Gasteiger partial charge in [-0.3, -0.25) is 13.7 Å². The van der Waals surface area contributed by atoms with Crippen molar-refractivity contribution < 1.29 is 22.0 Å². The van der Waals surface area contributed by atoms with E-state index in [-0.39, 0.29) is 28.4 Å². The fraction of sp³-hybridized carbons (Fsp3) is 0.100. The second-order valence-electron chi connectivity index (χ2n) is 9.63. The highest BCUT2D eigenvalue weighted by Crippen LogP contribution is 2.40. The van der Waals surface area contributed by atoms with Crippen LogP contribution in [0, 0.1) is 12.4 Å². The largest absolute Gasteiger partial charge is 0.455 e. The highest BCUT2D eigenvalue weighted by molar-refractivity contribution is 7.92. The molecule has 0 unspecified atom stereocenters. The Morgan fingerprint density at radius 3 is 2.47 bits per heavy atom. The first-order valence-electron chi connectivity index (χ1n) is 12.8. The standard InChI is InChI=1S/C30H22FN7O4S/c1-32-19-9-11-20(12-10-19)38-16-35-23-15-34-28(36-29(23)38)21-13-22-25(14-24(21)37(3)43(4,40)41)42-27(26(22)30(39)33-2)17-5-7-18(31)8-6-17/h5-16H,2-4H3,(H,33,39). The summed E-state index contributed by atoms with van der Waals surface area (Å²) in [6.45, 7) is 7.20. The van der Waals surface area contributed by atoms with E-state index >= 15 is 0 Å². The van der Waals surface area contributed by atoms with E-state index in [0.717, 1.165) is 10.6 Å². The van der Waals surface area contributed by atoms with E-state index in [2.05, 4.69) is 20.1 Å². The van der Waals surface area contributed by atoms with E-state index in [0.29, 0.717) is 39.1 Å². The van der Waals surface area contributed by atoms with E-state index in [9.17, 15) is 17.6 Å². The van der Waals surface area contributed by atoms with Gasteiger partial charge in [-0.2, -0.15) is 0 Å². The quantitative estimate of drug-likeness (QED) is 0.258. The van der Waals surface area contributed by atoms with Crippen molar-refractivity contribution in [3.63, 3.8) is 0 Å². The Labute approximate surface area is 245 Å². The normalized spacial score (nSPS) is 11.5. The number of anilines is 1. The molecule has 13 heteroatoms. The lowest BCUT2D eigenvalue weighted by molar-refractivity contribution is 0.0964. The van der Waals surface area contributed by atoms with Gasteiger partial charge >= 0.3 is 0 Å². The van der Waals surface area contributed by atoms with Gasteiger partial charge < -0.3 is 9.73 Å². The molecule has 0 radical (unpaired) electrons. The predicted octanol–water partition coefficient (Wildman–Crippen LogP) is 5.34. The smallest absolute Gasteiger partial charge is 0.255 e. The summed E-state index contributed by atoms with van der Waals surface area (Å²) in [5.74, 6) is -0.538. The molecule has 0 aliphatic rings. The number of rotatable bonds is 6. The molecule has 6 aromatic rings. The van der Waals surface area contributed by atoms with Crippen molar-refractivity contribution in [3.8, 4) is 28.4 Å². The van der Waals surface area contributed by atoms with Crippen LogP contribution in [-0.4, -0.2) is 54.2 Å². The summed E-state index contributed by atoms with van der Waals surface area (Å²) in [4.78, 5) is 30.2. The number of nitrogens with one attached hydrogen (secondary N) is 1. The second kappa shape index (κ2) is 10.3. The van der Waals surface area contributed by atoms with Crippen molar-refractivity contribution in [2.75, 3.05) is 24.7 Å². The van der Waals surface area contributed by atoms with E-state index in [1.54, 1.807) is 41.2 Å². The lowest BCUT2D eigenvalue weighted by Crippen LogP contribution is -2.25. The maximum absolute atomic E-state index is 13.7. The van der Waals surface area contributed by atoms with Crippen LogP contribution in [0.3, 0.4) is 0 Å². The molecule has 0 aliphatic carbocycles. The fourth-order valence-corrected chi connectivity index (χ4v) is 5.23. The van der Waals surface area contributed by atoms with E-state index < -0.39 is 21.7 Å². The summed E-state index contributed by atoms with van der Waals surface area (Å²) in [6, 6.07) is 15.5. The van der Waals surface area contributed by atoms with Crippen molar-refractivity contribution in [2.24, 2.45) is 0 Å². The minimum Gasteiger partial charge on any atom is -0.455 e. The van der Waals surface area contributed by atoms with Gasteiger partial charge in [-0.15, -0.1) is 0 Å². The average molecular weight is 596 g/mol. The van der Waals surface area contributed by atoms with Gasteiger partial charge in [0.2, 0.25) is 10.0 Å². The lowest BCUT2D eigenvalue weighted by atomic mass is 10.0. The maximum atomic E-state index is 13.7. The number of amides is 1. The lowest BCUT2D eigenvalue weighted by Gasteiger charge is -2.20. The number of nitrogens with zero attached hydrogens (tertiary/aromatic N) is 6. The number of hydrogen-bond acceptors (Lipinski definition) is 7. The molecule has 0 saturated heterocycles. The molecule has 0 fully saturated rings. The second-order valence-corrected chi connectivity index (χ2v) is 11.6. The molecule has 3 aromatic carbocycles. The number of aromatic nitrogens is 4. The number of carbonyl (C=O) groups excluding carboxylic acids is 1. The summed E-state index contributed by atoms with van der Waals surface area (Å²) < 4.78 is 48.0. The molecule has 1 N–H and O–H groups in total. The molecule has 0 bridgehead atoms. The summed E-state index contributed by atoms with van der Waals surface area (Å²) in [7, 11) is -0.881. The number of sulfonamides is 1. The summed E-state index contributed by atoms with van der Waals surface area (Å²) in [6.07, 6.45) is 4.17. The zero-order chi connectivity index (χ0) is 30.5. The highest BCUT2D eigenvalue weighted by atomic mass is 32.2. The molecule has 6 rings (SSSR count). The molecule has 1 amide bonds. The van der Waals surface area contributed by atoms with Crippen molar-refractivity contribution in [3.05, 3.63) is 96.0 Å². The highest BCUT2D eigenvalue weighted by Gasteiger charge is 2.27. The van der Waals surface area contributed by atoms with Crippen LogP contribution >= 0.6 is 0 Å². The Kier molecular flexibility index (Phi) is 6.63. The molecule has 0 aliphatic heterocycles. The van der Waals surface area contributed by atoms with Crippen LogP contribution in [0.2, 0.25) is 0 Å². The van der Waals surface area contributed by atoms with Crippen LogP contribution in [0.4, 0.5) is 15.8 Å². The van der Waals surface area contributed by atoms with Crippen LogP contribution in [0.15, 0.2) is 77.6 Å². The Bertz CT molecular complexity index is 2200. The van der Waals surface area contributed by atoms with E-state index in [1.165, 1.54) is 50.6 Å². The third kappa shape index (κ3) is 4.83. The Balaban J connectivity index is 1.62. The predicted molar refractivity (Wildman–Crippen MR) is 160 cm³/mol. The number of hydrogen-bond donors (Lipinski definition) is 1. The average Bonchev–Trinajstić information content (AvgIpc) is 3.60. The Morgan fingerprint density at radius 1 is 1.09 bits per heavy atom. The number of fused-ring (bicyclic) bond motifs is 2. The van der Waals surface area contributed by atoms with Crippen molar-refractivity contribution >= 4 is 49.4 Å². The van der Waals surface area contributed by atoms with Gasteiger partial charge in [-0.05, 0) is 42.5 Å². The maximum Gasteiger partial charge on any atom is 0.255 e. The van der Waals surface area contributed by atoms with Gasteiger partial charge in [-0.1, -0.05) is 12.1 Å². The molecule has 3 heterocycles. The van der Waals surface area contributed by atoms with E-state index in [4.69, 9.17) is 16.0 Å². The molecule has 0 saturated carbocycles. The molecule has 11 nitrogen and oxygen atoms in total. The molecule has 0 atom stereocenters. The topological polar surface area (TPSA) is 128 Å². The zero-order valence-corrected chi connectivity index (χ0v) is 23.8. The number of imidazole rings is 1. The van der Waals surface area contributed by atoms with Crippen molar-refractivity contribution in [1.82, 2.24) is 24.8 Å². The Hall–Kier alpha value is -5.61. The molecular weight excluding hydrogens is 573 g/mol. The van der Waals surface area contributed by atoms with E-state index in [1.807, 2.05) is 0 Å². The molecule has 0 spiro atoms. The molecule has 214 valence electrons. The Morgan fingerprint density at radius 2 is 1.81 bits per heavy atom. The van der Waals surface area contributed by atoms with Gasteiger partial charge in [0.15, 0.2) is 17.2 Å². The molecular formula is C30H22FN7O4S. The summed E-state index contributed by atoms with van der Waals surface area (Å²) >= 11 is 0. The van der Waals surface area contributed by atoms with Crippen LogP contribution in [0.1, 0.15) is 10.4 Å². The van der Waals surface area contributed by atoms with Gasteiger partial charge in [0.25, 0.3) is 5.91 Å². The SMILES string of the molecule is [C-]#[N+]c1ccc(-n2cnc3cnc(-c4cc5c(C(=O)NC)c(-c6ccc(F)cc6)oc5cc4N(C)S(C)(=O)=O)nc32)cc1. The van der Waals surface area contributed by atoms with Gasteiger partial charge in [0, 0.05) is 42.4 Å². The van der Waals surface area contributed by atoms with Crippen LogP contribution in [-0.2, 0) is 10.0 Å². The third-order valence-electron chi connectivity index (χ3n) is 6.99. The first kappa shape index (κ1) is 27.6. The first-order valence-corrected chi connectivity index (χ1v) is 14.6. The third-order valence-corrected chi connectivity index (χ3v) is 8.18. The monoisotopic (exact) mass is 595 g/mol. The fourth-order valence-electron chi connectivity index (χ4n) is 4.72. The summed E-state index contributed by atoms with van der Waals surface area (Å²) in [5.41, 5.74) is 3.54. The number of carbonyl (C=O) groups is 1. The zero-order valence-electron chi connectivity index (χ0n) is 23.0. The molecule has 43 heavy (non-hydrogen) atoms. The van der Waals surface area contributed by atoms with Crippen LogP contribution in [0.5, 0.6) is 0 Å². The van der Waals surface area contributed by atoms with Crippen LogP contribution in [0.25, 0.3) is 55.4 Å². The van der Waals surface area contributed by atoms with Gasteiger partial charge in [0.1, 0.15) is 29.0 Å². The number of benzene rings is 3. The van der Waals surface area contributed by atoms with Crippen molar-refractivity contribution in [1.29, 1.82) is 0 Å². The van der Waals surface area contributed by atoms with Gasteiger partial charge in [-0.25, -0.2) is 32.6 Å². The molecule has 3 aromatic heterocycles. The summed E-state index contributed by atoms with van der Waals surface area (Å²) in [5, 5.41) is 3.00. The first-order chi connectivity index (χ1) is 20.6. The minimum absolute atomic E-state index is 0.173. The number of halogens is 1. The van der Waals surface area contributed by atoms with Crippen molar-refractivity contribution in [2.45, 2.75) is 0 Å². The number of furan rings is 1. The van der Waals surface area contributed by atoms with Crippen LogP contribution < -0.4 is 9.62 Å².